The van der Waals surface area contributed by atoms with Crippen molar-refractivity contribution in [2.45, 2.75) is 69.4 Å². The highest BCUT2D eigenvalue weighted by Gasteiger charge is 2.38. The summed E-state index contributed by atoms with van der Waals surface area (Å²) in [5, 5.41) is 3.42. The number of ether oxygens (including phenoxy) is 2. The predicted molar refractivity (Wildman–Crippen MR) is 133 cm³/mol. The van der Waals surface area contributed by atoms with E-state index in [0.717, 1.165) is 75.4 Å². The number of anilines is 1. The van der Waals surface area contributed by atoms with Gasteiger partial charge in [-0.1, -0.05) is 30.3 Å². The van der Waals surface area contributed by atoms with Crippen LogP contribution in [-0.4, -0.2) is 55.3 Å². The molecule has 2 fully saturated rings. The van der Waals surface area contributed by atoms with Crippen molar-refractivity contribution in [3.8, 4) is 0 Å². The molecule has 5 rings (SSSR count). The lowest BCUT2D eigenvalue weighted by Gasteiger charge is -2.27. The molecule has 2 aliphatic heterocycles. The third-order valence-electron chi connectivity index (χ3n) is 7.41. The predicted octanol–water partition coefficient (Wildman–Crippen LogP) is 4.65. The molecule has 6 nitrogen and oxygen atoms in total. The molecule has 2 atom stereocenters. The number of nitrogens with zero attached hydrogens (tertiary/aromatic N) is 2. The van der Waals surface area contributed by atoms with E-state index in [0.29, 0.717) is 5.92 Å². The van der Waals surface area contributed by atoms with Crippen molar-refractivity contribution in [3.63, 3.8) is 0 Å². The average molecular weight is 464 g/mol. The SMILES string of the molecule is COC(=O)C(c1ccccc1C1CC1)N1CCC(OCCCCc2ccc3c(n2)NCCC3)C1. The van der Waals surface area contributed by atoms with Crippen LogP contribution in [-0.2, 0) is 27.1 Å². The van der Waals surface area contributed by atoms with Crippen molar-refractivity contribution in [1.29, 1.82) is 0 Å². The Morgan fingerprint density at radius 2 is 2.06 bits per heavy atom. The summed E-state index contributed by atoms with van der Waals surface area (Å²) in [5.41, 5.74) is 4.93. The molecule has 182 valence electrons. The van der Waals surface area contributed by atoms with Gasteiger partial charge in [0, 0.05) is 31.9 Å². The average Bonchev–Trinajstić information content (AvgIpc) is 3.63. The fourth-order valence-electron chi connectivity index (χ4n) is 5.40. The number of carbonyl (C=O) groups is 1. The van der Waals surface area contributed by atoms with Crippen molar-refractivity contribution >= 4 is 11.8 Å². The number of aromatic nitrogens is 1. The largest absolute Gasteiger partial charge is 0.468 e. The molecule has 0 bridgehead atoms. The highest BCUT2D eigenvalue weighted by molar-refractivity contribution is 5.78. The monoisotopic (exact) mass is 463 g/mol. The smallest absolute Gasteiger partial charge is 0.327 e. The van der Waals surface area contributed by atoms with Crippen LogP contribution in [0.25, 0.3) is 0 Å². The van der Waals surface area contributed by atoms with E-state index >= 15 is 0 Å². The van der Waals surface area contributed by atoms with Gasteiger partial charge in [0.2, 0.25) is 0 Å². The van der Waals surface area contributed by atoms with Crippen LogP contribution in [0.1, 0.15) is 72.9 Å². The Kier molecular flexibility index (Phi) is 7.45. The Bertz CT molecular complexity index is 991. The number of methoxy groups -OCH3 is 1. The summed E-state index contributed by atoms with van der Waals surface area (Å²) >= 11 is 0. The molecule has 1 aromatic heterocycles. The van der Waals surface area contributed by atoms with E-state index in [4.69, 9.17) is 14.5 Å². The summed E-state index contributed by atoms with van der Waals surface area (Å²) in [6.45, 7) is 3.41. The van der Waals surface area contributed by atoms with E-state index in [1.807, 2.05) is 6.07 Å². The molecular weight excluding hydrogens is 426 g/mol. The first-order chi connectivity index (χ1) is 16.7. The number of carbonyl (C=O) groups excluding carboxylic acids is 1. The van der Waals surface area contributed by atoms with E-state index < -0.39 is 0 Å². The van der Waals surface area contributed by atoms with Gasteiger partial charge in [-0.25, -0.2) is 9.78 Å². The maximum absolute atomic E-state index is 12.8. The van der Waals surface area contributed by atoms with Crippen molar-refractivity contribution in [2.24, 2.45) is 0 Å². The van der Waals surface area contributed by atoms with Crippen LogP contribution in [0.15, 0.2) is 36.4 Å². The molecule has 1 saturated heterocycles. The number of aryl methyl sites for hydroxylation is 2. The van der Waals surface area contributed by atoms with E-state index in [1.165, 1.54) is 37.5 Å². The fraction of sp³-hybridized carbons (Fsp3) is 0.571. The molecule has 1 aliphatic carbocycles. The van der Waals surface area contributed by atoms with Crippen LogP contribution >= 0.6 is 0 Å². The van der Waals surface area contributed by atoms with Crippen LogP contribution in [0, 0.1) is 0 Å². The minimum absolute atomic E-state index is 0.166. The molecule has 0 spiro atoms. The maximum atomic E-state index is 12.8. The summed E-state index contributed by atoms with van der Waals surface area (Å²) in [6, 6.07) is 12.5. The van der Waals surface area contributed by atoms with Gasteiger partial charge in [0.1, 0.15) is 11.9 Å². The topological polar surface area (TPSA) is 63.7 Å². The van der Waals surface area contributed by atoms with E-state index in [9.17, 15) is 4.79 Å². The zero-order valence-electron chi connectivity index (χ0n) is 20.3. The van der Waals surface area contributed by atoms with Gasteiger partial charge in [0.25, 0.3) is 0 Å². The number of rotatable bonds is 10. The zero-order chi connectivity index (χ0) is 23.3. The van der Waals surface area contributed by atoms with Crippen molar-refractivity contribution in [3.05, 3.63) is 58.8 Å². The molecule has 34 heavy (non-hydrogen) atoms. The van der Waals surface area contributed by atoms with Crippen molar-refractivity contribution < 1.29 is 14.3 Å². The second-order valence-corrected chi connectivity index (χ2v) is 9.90. The Morgan fingerprint density at radius 3 is 2.91 bits per heavy atom. The number of benzene rings is 1. The van der Waals surface area contributed by atoms with Crippen molar-refractivity contribution in [2.75, 3.05) is 38.7 Å². The number of unbranched alkanes of at least 4 members (excludes halogenated alkanes) is 1. The number of likely N-dealkylation sites (tertiary alicyclic amines) is 1. The highest BCUT2D eigenvalue weighted by Crippen LogP contribution is 2.44. The number of fused-ring (bicyclic) bond motifs is 1. The molecular formula is C28H37N3O3. The molecule has 1 saturated carbocycles. The first kappa shape index (κ1) is 23.3. The first-order valence-corrected chi connectivity index (χ1v) is 13.0. The molecule has 3 heterocycles. The lowest BCUT2D eigenvalue weighted by Crippen LogP contribution is -2.35. The molecule has 3 aliphatic rings. The molecule has 6 heteroatoms. The third kappa shape index (κ3) is 5.44. The zero-order valence-corrected chi connectivity index (χ0v) is 20.3. The van der Waals surface area contributed by atoms with Crippen LogP contribution < -0.4 is 5.32 Å². The summed E-state index contributed by atoms with van der Waals surface area (Å²) in [5.74, 6) is 1.51. The Morgan fingerprint density at radius 1 is 1.18 bits per heavy atom. The molecule has 0 amide bonds. The summed E-state index contributed by atoms with van der Waals surface area (Å²) in [4.78, 5) is 19.9. The van der Waals surface area contributed by atoms with Gasteiger partial charge in [-0.3, -0.25) is 4.90 Å². The normalized spacial score (nSPS) is 21.0. The molecule has 1 aromatic carbocycles. The maximum Gasteiger partial charge on any atom is 0.327 e. The Balaban J connectivity index is 1.10. The highest BCUT2D eigenvalue weighted by atomic mass is 16.5. The van der Waals surface area contributed by atoms with Gasteiger partial charge in [0.15, 0.2) is 0 Å². The summed E-state index contributed by atoms with van der Waals surface area (Å²) in [6.07, 6.45) is 8.96. The number of hydrogen-bond donors (Lipinski definition) is 1. The standard InChI is InChI=1S/C28H37N3O3/c1-33-28(32)26(25-10-3-2-9-24(25)20-11-12-20)31-17-15-23(19-31)34-18-5-4-8-22-14-13-21-7-6-16-29-27(21)30-22/h2-3,9-10,13-14,20,23,26H,4-8,11-12,15-19H2,1H3,(H,29,30). The minimum Gasteiger partial charge on any atom is -0.468 e. The third-order valence-corrected chi connectivity index (χ3v) is 7.41. The lowest BCUT2D eigenvalue weighted by atomic mass is 9.96. The number of pyridine rings is 1. The Labute approximate surface area is 203 Å². The molecule has 2 unspecified atom stereocenters. The van der Waals surface area contributed by atoms with Gasteiger partial charge in [0.05, 0.1) is 13.2 Å². The van der Waals surface area contributed by atoms with Gasteiger partial charge in [-0.2, -0.15) is 0 Å². The van der Waals surface area contributed by atoms with Crippen LogP contribution in [0.4, 0.5) is 5.82 Å². The van der Waals surface area contributed by atoms with Gasteiger partial charge in [-0.05, 0) is 80.0 Å². The summed E-state index contributed by atoms with van der Waals surface area (Å²) < 4.78 is 11.5. The van der Waals surface area contributed by atoms with Crippen molar-refractivity contribution in [1.82, 2.24) is 9.88 Å². The number of nitrogens with one attached hydrogen (secondary N) is 1. The van der Waals surface area contributed by atoms with Gasteiger partial charge >= 0.3 is 5.97 Å². The second kappa shape index (κ2) is 10.9. The summed E-state index contributed by atoms with van der Waals surface area (Å²) in [7, 11) is 1.49. The molecule has 2 aromatic rings. The fourth-order valence-corrected chi connectivity index (χ4v) is 5.40. The lowest BCUT2D eigenvalue weighted by molar-refractivity contribution is -0.147. The van der Waals surface area contributed by atoms with Gasteiger partial charge < -0.3 is 14.8 Å². The van der Waals surface area contributed by atoms with Crippen LogP contribution in [0.3, 0.4) is 0 Å². The second-order valence-electron chi connectivity index (χ2n) is 9.90. The van der Waals surface area contributed by atoms with E-state index in [2.05, 4.69) is 40.5 Å². The Hall–Kier alpha value is -2.44. The van der Waals surface area contributed by atoms with E-state index in [1.54, 1.807) is 0 Å². The molecule has 0 radical (unpaired) electrons. The van der Waals surface area contributed by atoms with E-state index in [-0.39, 0.29) is 18.1 Å². The quantitative estimate of drug-likeness (QED) is 0.409. The number of esters is 1. The number of hydrogen-bond acceptors (Lipinski definition) is 6. The molecule has 1 N–H and O–H groups in total. The van der Waals surface area contributed by atoms with Crippen LogP contribution in [0.2, 0.25) is 0 Å². The van der Waals surface area contributed by atoms with Crippen LogP contribution in [0.5, 0.6) is 0 Å². The first-order valence-electron chi connectivity index (χ1n) is 13.0. The van der Waals surface area contributed by atoms with Gasteiger partial charge in [-0.15, -0.1) is 0 Å². The minimum atomic E-state index is -0.334.